The summed E-state index contributed by atoms with van der Waals surface area (Å²) in [6.45, 7) is 10.1. The molecule has 1 aromatic rings. The van der Waals surface area contributed by atoms with E-state index in [1.165, 1.54) is 5.56 Å². The Bertz CT molecular complexity index is 579. The van der Waals surface area contributed by atoms with Gasteiger partial charge in [0.1, 0.15) is 0 Å². The highest BCUT2D eigenvalue weighted by Gasteiger charge is 2.24. The van der Waals surface area contributed by atoms with Crippen LogP contribution in [0.15, 0.2) is 24.3 Å². The molecule has 2 rings (SSSR count). The van der Waals surface area contributed by atoms with Crippen molar-refractivity contribution in [3.8, 4) is 0 Å². The minimum Gasteiger partial charge on any atom is -0.349 e. The highest BCUT2D eigenvalue weighted by atomic mass is 16.2. The number of piperidine rings is 1. The summed E-state index contributed by atoms with van der Waals surface area (Å²) in [5.41, 5.74) is 2.02. The van der Waals surface area contributed by atoms with Crippen LogP contribution < -0.4 is 5.32 Å². The maximum Gasteiger partial charge on any atom is 0.251 e. The van der Waals surface area contributed by atoms with Crippen LogP contribution in [0.5, 0.6) is 0 Å². The van der Waals surface area contributed by atoms with Gasteiger partial charge in [-0.3, -0.25) is 9.59 Å². The molecule has 138 valence electrons. The van der Waals surface area contributed by atoms with E-state index in [-0.39, 0.29) is 23.3 Å². The van der Waals surface area contributed by atoms with Crippen molar-refractivity contribution >= 4 is 11.8 Å². The highest BCUT2D eigenvalue weighted by molar-refractivity contribution is 5.94. The molecule has 0 bridgehead atoms. The summed E-state index contributed by atoms with van der Waals surface area (Å²) in [6.07, 6.45) is 4.33. The maximum atomic E-state index is 12.4. The summed E-state index contributed by atoms with van der Waals surface area (Å²) >= 11 is 0. The van der Waals surface area contributed by atoms with E-state index in [1.807, 2.05) is 29.2 Å². The molecule has 1 fully saturated rings. The van der Waals surface area contributed by atoms with Gasteiger partial charge in [-0.05, 0) is 42.4 Å². The maximum absolute atomic E-state index is 12.4. The van der Waals surface area contributed by atoms with Crippen LogP contribution in [0.4, 0.5) is 0 Å². The minimum absolute atomic E-state index is 0.0174. The van der Waals surface area contributed by atoms with Gasteiger partial charge in [0.25, 0.3) is 5.91 Å². The third-order valence-electron chi connectivity index (χ3n) is 4.94. The van der Waals surface area contributed by atoms with Gasteiger partial charge in [0.2, 0.25) is 5.91 Å². The molecule has 4 nitrogen and oxygen atoms in total. The molecule has 0 spiro atoms. The molecule has 4 heteroatoms. The number of amides is 2. The Hall–Kier alpha value is -1.84. The molecule has 0 saturated carbocycles. The lowest BCUT2D eigenvalue weighted by molar-refractivity contribution is -0.132. The first-order valence-electron chi connectivity index (χ1n) is 9.50. The highest BCUT2D eigenvalue weighted by Crippen LogP contribution is 2.22. The van der Waals surface area contributed by atoms with Gasteiger partial charge in [0.05, 0.1) is 0 Å². The van der Waals surface area contributed by atoms with Gasteiger partial charge in [-0.1, -0.05) is 46.2 Å². The summed E-state index contributed by atoms with van der Waals surface area (Å²) in [6, 6.07) is 8.02. The van der Waals surface area contributed by atoms with Crippen molar-refractivity contribution in [1.82, 2.24) is 10.2 Å². The molecule has 1 aliphatic heterocycles. The molecular formula is C21H32N2O2. The van der Waals surface area contributed by atoms with Gasteiger partial charge in [-0.2, -0.15) is 0 Å². The molecule has 1 aromatic carbocycles. The third-order valence-corrected chi connectivity index (χ3v) is 4.94. The molecule has 1 saturated heterocycles. The number of rotatable bonds is 5. The van der Waals surface area contributed by atoms with Crippen LogP contribution in [0.25, 0.3) is 0 Å². The molecule has 1 aliphatic rings. The quantitative estimate of drug-likeness (QED) is 0.881. The fraction of sp³-hybridized carbons (Fsp3) is 0.619. The largest absolute Gasteiger partial charge is 0.349 e. The van der Waals surface area contributed by atoms with E-state index in [4.69, 9.17) is 0 Å². The van der Waals surface area contributed by atoms with E-state index in [1.54, 1.807) is 0 Å². The van der Waals surface area contributed by atoms with Gasteiger partial charge in [-0.15, -0.1) is 0 Å². The number of hydrogen-bond donors (Lipinski definition) is 1. The van der Waals surface area contributed by atoms with Crippen LogP contribution in [0.1, 0.15) is 75.7 Å². The first-order chi connectivity index (χ1) is 11.8. The molecule has 0 aromatic heterocycles. The van der Waals surface area contributed by atoms with Gasteiger partial charge in [0.15, 0.2) is 0 Å². The molecule has 0 atom stereocenters. The van der Waals surface area contributed by atoms with Crippen LogP contribution in [0.3, 0.4) is 0 Å². The molecule has 1 heterocycles. The summed E-state index contributed by atoms with van der Waals surface area (Å²) < 4.78 is 0. The summed E-state index contributed by atoms with van der Waals surface area (Å²) in [4.78, 5) is 26.4. The monoisotopic (exact) mass is 344 g/mol. The number of carbonyl (C=O) groups is 2. The molecule has 25 heavy (non-hydrogen) atoms. The average Bonchev–Trinajstić information content (AvgIpc) is 2.59. The SMILES string of the molecule is CCCCC(=O)N1CCC(NC(=O)c2ccc(C(C)(C)C)cc2)CC1. The minimum atomic E-state index is -0.0174. The topological polar surface area (TPSA) is 49.4 Å². The number of unbranched alkanes of at least 4 members (excludes halogenated alkanes) is 1. The first kappa shape index (κ1) is 19.5. The fourth-order valence-corrected chi connectivity index (χ4v) is 3.15. The zero-order valence-electron chi connectivity index (χ0n) is 16.1. The van der Waals surface area contributed by atoms with E-state index in [2.05, 4.69) is 33.0 Å². The van der Waals surface area contributed by atoms with Crippen molar-refractivity contribution in [2.75, 3.05) is 13.1 Å². The lowest BCUT2D eigenvalue weighted by Crippen LogP contribution is -2.46. The standard InChI is InChI=1S/C21H32N2O2/c1-5-6-7-19(24)23-14-12-18(13-15-23)22-20(25)16-8-10-17(11-9-16)21(2,3)4/h8-11,18H,5-7,12-15H2,1-4H3,(H,22,25). The lowest BCUT2D eigenvalue weighted by Gasteiger charge is -2.32. The van der Waals surface area contributed by atoms with Gasteiger partial charge in [-0.25, -0.2) is 0 Å². The first-order valence-corrected chi connectivity index (χ1v) is 9.50. The summed E-state index contributed by atoms with van der Waals surface area (Å²) in [5.74, 6) is 0.237. The van der Waals surface area contributed by atoms with E-state index in [0.717, 1.165) is 38.8 Å². The van der Waals surface area contributed by atoms with E-state index < -0.39 is 0 Å². The zero-order valence-corrected chi connectivity index (χ0v) is 16.1. The number of hydrogen-bond acceptors (Lipinski definition) is 2. The molecule has 1 N–H and O–H groups in total. The Balaban J connectivity index is 1.83. The third kappa shape index (κ3) is 5.58. The number of nitrogens with one attached hydrogen (secondary N) is 1. The van der Waals surface area contributed by atoms with E-state index in [9.17, 15) is 9.59 Å². The summed E-state index contributed by atoms with van der Waals surface area (Å²) in [5, 5.41) is 3.12. The number of nitrogens with zero attached hydrogens (tertiary/aromatic N) is 1. The van der Waals surface area contributed by atoms with Gasteiger partial charge in [0, 0.05) is 31.1 Å². The Labute approximate surface area is 152 Å². The second-order valence-electron chi connectivity index (χ2n) is 8.06. The average molecular weight is 344 g/mol. The van der Waals surface area contributed by atoms with Crippen molar-refractivity contribution in [3.63, 3.8) is 0 Å². The second-order valence-corrected chi connectivity index (χ2v) is 8.06. The fourth-order valence-electron chi connectivity index (χ4n) is 3.15. The Morgan fingerprint density at radius 3 is 2.24 bits per heavy atom. The van der Waals surface area contributed by atoms with Crippen molar-refractivity contribution in [2.24, 2.45) is 0 Å². The molecule has 0 aliphatic carbocycles. The number of likely N-dealkylation sites (tertiary alicyclic amines) is 1. The smallest absolute Gasteiger partial charge is 0.251 e. The van der Waals surface area contributed by atoms with Crippen molar-refractivity contribution in [2.45, 2.75) is 71.3 Å². The van der Waals surface area contributed by atoms with Crippen LogP contribution in [-0.2, 0) is 10.2 Å². The van der Waals surface area contributed by atoms with Crippen molar-refractivity contribution in [1.29, 1.82) is 0 Å². The molecular weight excluding hydrogens is 312 g/mol. The molecule has 0 unspecified atom stereocenters. The summed E-state index contributed by atoms with van der Waals surface area (Å²) in [7, 11) is 0. The zero-order chi connectivity index (χ0) is 18.4. The van der Waals surface area contributed by atoms with Crippen molar-refractivity contribution in [3.05, 3.63) is 35.4 Å². The Kier molecular flexibility index (Phi) is 6.63. The van der Waals surface area contributed by atoms with Crippen LogP contribution in [-0.4, -0.2) is 35.8 Å². The van der Waals surface area contributed by atoms with Crippen LogP contribution in [0.2, 0.25) is 0 Å². The van der Waals surface area contributed by atoms with Crippen LogP contribution in [0, 0.1) is 0 Å². The predicted molar refractivity (Wildman–Crippen MR) is 102 cm³/mol. The lowest BCUT2D eigenvalue weighted by atomic mass is 9.86. The molecule has 0 radical (unpaired) electrons. The van der Waals surface area contributed by atoms with E-state index in [0.29, 0.717) is 12.0 Å². The van der Waals surface area contributed by atoms with Crippen molar-refractivity contribution < 1.29 is 9.59 Å². The Morgan fingerprint density at radius 2 is 1.72 bits per heavy atom. The number of carbonyl (C=O) groups excluding carboxylic acids is 2. The van der Waals surface area contributed by atoms with Gasteiger partial charge >= 0.3 is 0 Å². The number of benzene rings is 1. The predicted octanol–water partition coefficient (Wildman–Crippen LogP) is 3.90. The second kappa shape index (κ2) is 8.50. The van der Waals surface area contributed by atoms with E-state index >= 15 is 0 Å². The molecule has 2 amide bonds. The normalized spacial score (nSPS) is 15.9. The Morgan fingerprint density at radius 1 is 1.12 bits per heavy atom. The van der Waals surface area contributed by atoms with Gasteiger partial charge < -0.3 is 10.2 Å². The van der Waals surface area contributed by atoms with Crippen LogP contribution >= 0.6 is 0 Å².